The third-order valence-corrected chi connectivity index (χ3v) is 3.48. The van der Waals surface area contributed by atoms with E-state index in [1.165, 1.54) is 5.56 Å². The van der Waals surface area contributed by atoms with Gasteiger partial charge in [-0.1, -0.05) is 6.07 Å². The summed E-state index contributed by atoms with van der Waals surface area (Å²) < 4.78 is 2.00. The number of imidazole rings is 1. The van der Waals surface area contributed by atoms with Crippen LogP contribution in [0.1, 0.15) is 18.5 Å². The van der Waals surface area contributed by atoms with Gasteiger partial charge in [0.25, 0.3) is 0 Å². The highest BCUT2D eigenvalue weighted by Gasteiger charge is 2.25. The van der Waals surface area contributed by atoms with Crippen molar-refractivity contribution in [2.75, 3.05) is 6.54 Å². The van der Waals surface area contributed by atoms with Gasteiger partial charge in [-0.3, -0.25) is 10.1 Å². The molecule has 2 aromatic rings. The number of carbonyl (C=O) groups is 1. The second-order valence-electron chi connectivity index (χ2n) is 4.79. The molecular weight excluding hydrogens is 228 g/mol. The number of hydrogen-bond donors (Lipinski definition) is 2. The minimum absolute atomic E-state index is 0.0628. The Morgan fingerprint density at radius 3 is 3.06 bits per heavy atom. The molecule has 1 saturated heterocycles. The van der Waals surface area contributed by atoms with Gasteiger partial charge >= 0.3 is 0 Å². The van der Waals surface area contributed by atoms with E-state index >= 15 is 0 Å². The topological polar surface area (TPSA) is 59.0 Å². The highest BCUT2D eigenvalue weighted by atomic mass is 16.2. The maximum absolute atomic E-state index is 11.4. The Morgan fingerprint density at radius 1 is 1.44 bits per heavy atom. The van der Waals surface area contributed by atoms with E-state index in [0.29, 0.717) is 6.54 Å². The second kappa shape index (κ2) is 4.10. The summed E-state index contributed by atoms with van der Waals surface area (Å²) in [6.07, 6.45) is 1.81. The Labute approximate surface area is 105 Å². The van der Waals surface area contributed by atoms with Gasteiger partial charge in [0.15, 0.2) is 0 Å². The van der Waals surface area contributed by atoms with Gasteiger partial charge in [-0.15, -0.1) is 0 Å². The zero-order valence-electron chi connectivity index (χ0n) is 10.5. The number of aromatic nitrogens is 2. The van der Waals surface area contributed by atoms with Crippen molar-refractivity contribution in [1.29, 1.82) is 0 Å². The Kier molecular flexibility index (Phi) is 2.56. The molecule has 3 rings (SSSR count). The molecule has 1 aromatic heterocycles. The molecule has 5 nitrogen and oxygen atoms in total. The summed E-state index contributed by atoms with van der Waals surface area (Å²) in [7, 11) is 1.98. The van der Waals surface area contributed by atoms with Gasteiger partial charge in [0.05, 0.1) is 29.4 Å². The highest BCUT2D eigenvalue weighted by Crippen LogP contribution is 2.20. The average molecular weight is 244 g/mol. The lowest BCUT2D eigenvalue weighted by Gasteiger charge is -2.29. The van der Waals surface area contributed by atoms with E-state index in [-0.39, 0.29) is 18.0 Å². The first-order valence-electron chi connectivity index (χ1n) is 6.10. The normalized spacial score (nSPS) is 24.2. The fourth-order valence-electron chi connectivity index (χ4n) is 2.37. The summed E-state index contributed by atoms with van der Waals surface area (Å²) in [4.78, 5) is 15.7. The van der Waals surface area contributed by atoms with E-state index in [4.69, 9.17) is 0 Å². The van der Waals surface area contributed by atoms with Crippen LogP contribution < -0.4 is 10.6 Å². The minimum Gasteiger partial charge on any atom is -0.353 e. The predicted molar refractivity (Wildman–Crippen MR) is 69.1 cm³/mol. The molecule has 1 aliphatic rings. The van der Waals surface area contributed by atoms with Crippen molar-refractivity contribution in [2.24, 2.45) is 7.05 Å². The van der Waals surface area contributed by atoms with Crippen LogP contribution in [0.5, 0.6) is 0 Å². The van der Waals surface area contributed by atoms with Crippen LogP contribution in [0.2, 0.25) is 0 Å². The summed E-state index contributed by atoms with van der Waals surface area (Å²) >= 11 is 0. The van der Waals surface area contributed by atoms with Crippen LogP contribution in [0.25, 0.3) is 11.0 Å². The number of benzene rings is 1. The smallest absolute Gasteiger partial charge is 0.236 e. The molecular formula is C13H16N4O. The van der Waals surface area contributed by atoms with Gasteiger partial charge in [-0.2, -0.15) is 0 Å². The number of piperazine rings is 1. The maximum Gasteiger partial charge on any atom is 0.236 e. The molecule has 2 unspecified atom stereocenters. The first-order valence-corrected chi connectivity index (χ1v) is 6.10. The van der Waals surface area contributed by atoms with Crippen LogP contribution in [0.15, 0.2) is 24.5 Å². The molecule has 18 heavy (non-hydrogen) atoms. The van der Waals surface area contributed by atoms with Crippen molar-refractivity contribution in [3.8, 4) is 0 Å². The van der Waals surface area contributed by atoms with Crippen LogP contribution in [0.4, 0.5) is 0 Å². The molecule has 2 N–H and O–H groups in total. The molecule has 0 bridgehead atoms. The van der Waals surface area contributed by atoms with Crippen molar-refractivity contribution in [3.63, 3.8) is 0 Å². The molecule has 94 valence electrons. The Bertz CT molecular complexity index is 604. The van der Waals surface area contributed by atoms with Crippen LogP contribution in [0.3, 0.4) is 0 Å². The molecule has 1 aromatic carbocycles. The molecule has 2 heterocycles. The maximum atomic E-state index is 11.4. The van der Waals surface area contributed by atoms with E-state index in [2.05, 4.69) is 27.8 Å². The molecule has 1 aliphatic heterocycles. The van der Waals surface area contributed by atoms with Gasteiger partial charge in [-0.25, -0.2) is 4.98 Å². The van der Waals surface area contributed by atoms with Gasteiger partial charge in [-0.05, 0) is 24.6 Å². The SMILES string of the molecule is CC1NC(c2ccc3ncn(C)c3c2)CNC1=O. The molecule has 0 saturated carbocycles. The van der Waals surface area contributed by atoms with Gasteiger partial charge in [0, 0.05) is 13.6 Å². The lowest BCUT2D eigenvalue weighted by molar-refractivity contribution is -0.124. The quantitative estimate of drug-likeness (QED) is 0.777. The summed E-state index contributed by atoms with van der Waals surface area (Å²) in [5.74, 6) is 0.0628. The van der Waals surface area contributed by atoms with Crippen molar-refractivity contribution >= 4 is 16.9 Å². The Morgan fingerprint density at radius 2 is 2.28 bits per heavy atom. The van der Waals surface area contributed by atoms with Gasteiger partial charge in [0.1, 0.15) is 0 Å². The summed E-state index contributed by atoms with van der Waals surface area (Å²) in [5.41, 5.74) is 3.28. The Balaban J connectivity index is 1.94. The van der Waals surface area contributed by atoms with Crippen LogP contribution in [0, 0.1) is 0 Å². The number of nitrogens with zero attached hydrogens (tertiary/aromatic N) is 2. The number of hydrogen-bond acceptors (Lipinski definition) is 3. The number of nitrogens with one attached hydrogen (secondary N) is 2. The molecule has 0 aliphatic carbocycles. The van der Waals surface area contributed by atoms with E-state index in [9.17, 15) is 4.79 Å². The third kappa shape index (κ3) is 1.76. The lowest BCUT2D eigenvalue weighted by atomic mass is 10.0. The van der Waals surface area contributed by atoms with Crippen LogP contribution >= 0.6 is 0 Å². The molecule has 5 heteroatoms. The molecule has 1 amide bonds. The van der Waals surface area contributed by atoms with Crippen molar-refractivity contribution in [1.82, 2.24) is 20.2 Å². The molecule has 2 atom stereocenters. The van der Waals surface area contributed by atoms with Crippen molar-refractivity contribution in [3.05, 3.63) is 30.1 Å². The van der Waals surface area contributed by atoms with Gasteiger partial charge < -0.3 is 9.88 Å². The third-order valence-electron chi connectivity index (χ3n) is 3.48. The minimum atomic E-state index is -0.147. The number of amides is 1. The number of rotatable bonds is 1. The van der Waals surface area contributed by atoms with Crippen molar-refractivity contribution in [2.45, 2.75) is 19.0 Å². The summed E-state index contributed by atoms with van der Waals surface area (Å²) in [6, 6.07) is 6.23. The van der Waals surface area contributed by atoms with Crippen LogP contribution in [-0.2, 0) is 11.8 Å². The second-order valence-corrected chi connectivity index (χ2v) is 4.79. The highest BCUT2D eigenvalue weighted by molar-refractivity contribution is 5.82. The van der Waals surface area contributed by atoms with Crippen molar-refractivity contribution < 1.29 is 4.79 Å². The molecule has 0 radical (unpaired) electrons. The van der Waals surface area contributed by atoms with Gasteiger partial charge in [0.2, 0.25) is 5.91 Å². The van der Waals surface area contributed by atoms with E-state index in [0.717, 1.165) is 11.0 Å². The van der Waals surface area contributed by atoms with E-state index in [1.807, 2.05) is 30.9 Å². The summed E-state index contributed by atoms with van der Waals surface area (Å²) in [5, 5.41) is 6.23. The zero-order valence-corrected chi connectivity index (χ0v) is 10.5. The first-order chi connectivity index (χ1) is 8.65. The number of carbonyl (C=O) groups excluding carboxylic acids is 1. The molecule has 0 spiro atoms. The predicted octanol–water partition coefficient (Wildman–Crippen LogP) is 0.722. The molecule has 1 fully saturated rings. The number of fused-ring (bicyclic) bond motifs is 1. The summed E-state index contributed by atoms with van der Waals surface area (Å²) in [6.45, 7) is 2.51. The standard InChI is InChI=1S/C13H16N4O/c1-8-13(18)14-6-11(16-8)9-3-4-10-12(5-9)17(2)7-15-10/h3-5,7-8,11,16H,6H2,1-2H3,(H,14,18). The van der Waals surface area contributed by atoms with Crippen LogP contribution in [-0.4, -0.2) is 28.0 Å². The fraction of sp³-hybridized carbons (Fsp3) is 0.385. The largest absolute Gasteiger partial charge is 0.353 e. The first kappa shape index (κ1) is 11.2. The zero-order chi connectivity index (χ0) is 12.7. The average Bonchev–Trinajstić information content (AvgIpc) is 2.74. The fourth-order valence-corrected chi connectivity index (χ4v) is 2.37. The van der Waals surface area contributed by atoms with E-state index in [1.54, 1.807) is 0 Å². The lowest BCUT2D eigenvalue weighted by Crippen LogP contribution is -2.52. The Hall–Kier alpha value is -1.88. The monoisotopic (exact) mass is 244 g/mol. The number of aryl methyl sites for hydroxylation is 1. The van der Waals surface area contributed by atoms with E-state index < -0.39 is 0 Å².